The minimum atomic E-state index is -3.50. The molecule has 0 saturated carbocycles. The number of rotatable bonds is 6. The highest BCUT2D eigenvalue weighted by Gasteiger charge is 2.32. The maximum Gasteiger partial charge on any atom is 0.246 e. The first kappa shape index (κ1) is 20.1. The summed E-state index contributed by atoms with van der Waals surface area (Å²) in [5, 5.41) is 3.41. The molecule has 0 aromatic carbocycles. The van der Waals surface area contributed by atoms with Crippen LogP contribution in [-0.4, -0.2) is 55.4 Å². The van der Waals surface area contributed by atoms with Gasteiger partial charge in [-0.2, -0.15) is 4.31 Å². The number of aromatic nitrogens is 2. The lowest BCUT2D eigenvalue weighted by molar-refractivity contribution is 0.346. The van der Waals surface area contributed by atoms with E-state index < -0.39 is 10.0 Å². The normalized spacial score (nSPS) is 20.7. The van der Waals surface area contributed by atoms with Crippen molar-refractivity contribution in [2.45, 2.75) is 37.5 Å². The molecule has 7 nitrogen and oxygen atoms in total. The third kappa shape index (κ3) is 4.53. The van der Waals surface area contributed by atoms with E-state index in [1.54, 1.807) is 22.6 Å². The zero-order valence-electron chi connectivity index (χ0n) is 16.9. The second-order valence-electron chi connectivity index (χ2n) is 7.94. The van der Waals surface area contributed by atoms with Gasteiger partial charge in [-0.05, 0) is 56.4 Å². The van der Waals surface area contributed by atoms with Crippen LogP contribution in [0.3, 0.4) is 0 Å². The monoisotopic (exact) mass is 415 g/mol. The smallest absolute Gasteiger partial charge is 0.246 e. The van der Waals surface area contributed by atoms with Gasteiger partial charge in [0, 0.05) is 44.6 Å². The van der Waals surface area contributed by atoms with Crippen LogP contribution < -0.4 is 10.2 Å². The summed E-state index contributed by atoms with van der Waals surface area (Å²) in [5.74, 6) is 1.90. The van der Waals surface area contributed by atoms with E-state index in [4.69, 9.17) is 0 Å². The highest BCUT2D eigenvalue weighted by molar-refractivity contribution is 7.89. The van der Waals surface area contributed by atoms with Gasteiger partial charge in [0.25, 0.3) is 0 Å². The number of aryl methyl sites for hydroxylation is 1. The average molecular weight is 416 g/mol. The van der Waals surface area contributed by atoms with Crippen LogP contribution >= 0.6 is 0 Å². The largest absolute Gasteiger partial charge is 0.370 e. The van der Waals surface area contributed by atoms with Gasteiger partial charge in [0.2, 0.25) is 10.0 Å². The van der Waals surface area contributed by atoms with Crippen LogP contribution in [-0.2, 0) is 10.0 Å². The Morgan fingerprint density at radius 3 is 2.72 bits per heavy atom. The van der Waals surface area contributed by atoms with Gasteiger partial charge in [-0.1, -0.05) is 12.5 Å². The van der Waals surface area contributed by atoms with Gasteiger partial charge in [-0.25, -0.2) is 18.4 Å². The van der Waals surface area contributed by atoms with Crippen LogP contribution in [0.4, 0.5) is 11.6 Å². The van der Waals surface area contributed by atoms with Crippen molar-refractivity contribution in [3.05, 3.63) is 42.2 Å². The minimum Gasteiger partial charge on any atom is -0.370 e. The molecular weight excluding hydrogens is 386 g/mol. The zero-order chi connectivity index (χ0) is 20.3. The molecule has 1 atom stereocenters. The van der Waals surface area contributed by atoms with E-state index in [9.17, 15) is 8.42 Å². The maximum absolute atomic E-state index is 13.2. The minimum absolute atomic E-state index is 0.343. The van der Waals surface area contributed by atoms with Crippen molar-refractivity contribution in [3.8, 4) is 0 Å². The molecule has 1 unspecified atom stereocenters. The van der Waals surface area contributed by atoms with E-state index in [1.807, 2.05) is 25.1 Å². The number of sulfonamides is 1. The molecular formula is C21H29N5O2S. The molecule has 2 saturated heterocycles. The molecule has 2 aromatic heterocycles. The number of nitrogens with zero attached hydrogens (tertiary/aromatic N) is 4. The zero-order valence-corrected chi connectivity index (χ0v) is 17.7. The maximum atomic E-state index is 13.2. The van der Waals surface area contributed by atoms with E-state index in [0.29, 0.717) is 29.7 Å². The molecule has 4 rings (SSSR count). The summed E-state index contributed by atoms with van der Waals surface area (Å²) in [6.45, 7) is 5.60. The molecule has 2 aromatic rings. The molecule has 2 aliphatic rings. The molecule has 2 aliphatic heterocycles. The first-order valence-electron chi connectivity index (χ1n) is 10.4. The lowest BCUT2D eigenvalue weighted by Crippen LogP contribution is -2.37. The SMILES string of the molecule is Cc1cccc(NCC2CCN(c3ncccc3S(=O)(=O)N3CCCCC3)C2)n1. The number of piperidine rings is 1. The summed E-state index contributed by atoms with van der Waals surface area (Å²) in [6, 6.07) is 9.38. The van der Waals surface area contributed by atoms with Gasteiger partial charge in [0.05, 0.1) is 0 Å². The summed E-state index contributed by atoms with van der Waals surface area (Å²) < 4.78 is 28.1. The topological polar surface area (TPSA) is 78.4 Å². The molecule has 156 valence electrons. The number of anilines is 2. The molecule has 29 heavy (non-hydrogen) atoms. The van der Waals surface area contributed by atoms with Crippen molar-refractivity contribution in [2.75, 3.05) is 42.9 Å². The van der Waals surface area contributed by atoms with Crippen LogP contribution in [0.1, 0.15) is 31.4 Å². The predicted octanol–water partition coefficient (Wildman–Crippen LogP) is 2.90. The third-order valence-corrected chi connectivity index (χ3v) is 7.65. The van der Waals surface area contributed by atoms with Crippen molar-refractivity contribution in [2.24, 2.45) is 5.92 Å². The number of hydrogen-bond acceptors (Lipinski definition) is 6. The summed E-state index contributed by atoms with van der Waals surface area (Å²) in [4.78, 5) is 11.4. The Labute approximate surface area is 173 Å². The van der Waals surface area contributed by atoms with Crippen LogP contribution in [0.5, 0.6) is 0 Å². The van der Waals surface area contributed by atoms with Crippen LogP contribution in [0.2, 0.25) is 0 Å². The van der Waals surface area contributed by atoms with Crippen molar-refractivity contribution in [1.29, 1.82) is 0 Å². The summed E-state index contributed by atoms with van der Waals surface area (Å²) in [6.07, 6.45) is 5.65. The van der Waals surface area contributed by atoms with Crippen LogP contribution in [0.15, 0.2) is 41.4 Å². The highest BCUT2D eigenvalue weighted by Crippen LogP contribution is 2.31. The van der Waals surface area contributed by atoms with Gasteiger partial charge < -0.3 is 10.2 Å². The Hall–Kier alpha value is -2.19. The van der Waals surface area contributed by atoms with E-state index in [1.165, 1.54) is 0 Å². The number of pyridine rings is 2. The van der Waals surface area contributed by atoms with Crippen LogP contribution in [0, 0.1) is 12.8 Å². The Balaban J connectivity index is 1.45. The van der Waals surface area contributed by atoms with Crippen molar-refractivity contribution < 1.29 is 8.42 Å². The van der Waals surface area contributed by atoms with Crippen molar-refractivity contribution in [1.82, 2.24) is 14.3 Å². The first-order chi connectivity index (χ1) is 14.0. The van der Waals surface area contributed by atoms with Crippen LogP contribution in [0.25, 0.3) is 0 Å². The lowest BCUT2D eigenvalue weighted by Gasteiger charge is -2.28. The molecule has 0 amide bonds. The van der Waals surface area contributed by atoms with Gasteiger partial charge >= 0.3 is 0 Å². The Bertz CT molecular complexity index is 944. The number of nitrogens with one attached hydrogen (secondary N) is 1. The molecule has 1 N–H and O–H groups in total. The molecule has 0 aliphatic carbocycles. The second-order valence-corrected chi connectivity index (χ2v) is 9.84. The van der Waals surface area contributed by atoms with Gasteiger partial charge in [0.1, 0.15) is 16.5 Å². The van der Waals surface area contributed by atoms with E-state index in [-0.39, 0.29) is 0 Å². The Kier molecular flexibility index (Phi) is 6.01. The highest BCUT2D eigenvalue weighted by atomic mass is 32.2. The molecule has 0 bridgehead atoms. The average Bonchev–Trinajstić information content (AvgIpc) is 3.22. The van der Waals surface area contributed by atoms with Gasteiger partial charge in [-0.15, -0.1) is 0 Å². The first-order valence-corrected chi connectivity index (χ1v) is 11.9. The fourth-order valence-electron chi connectivity index (χ4n) is 4.15. The predicted molar refractivity (Wildman–Crippen MR) is 115 cm³/mol. The molecule has 0 radical (unpaired) electrons. The standard InChI is InChI=1S/C21H29N5O2S/c1-17-7-5-9-20(24-17)23-15-18-10-14-25(16-18)21-19(8-6-11-22-21)29(27,28)26-12-3-2-4-13-26/h5-9,11,18H,2-4,10,12-16H2,1H3,(H,23,24). The Morgan fingerprint density at radius 2 is 1.93 bits per heavy atom. The molecule has 2 fully saturated rings. The molecule has 4 heterocycles. The van der Waals surface area contributed by atoms with E-state index in [2.05, 4.69) is 20.2 Å². The second kappa shape index (κ2) is 8.67. The fourth-order valence-corrected chi connectivity index (χ4v) is 5.83. The molecule has 0 spiro atoms. The van der Waals surface area contributed by atoms with Crippen molar-refractivity contribution >= 4 is 21.7 Å². The third-order valence-electron chi connectivity index (χ3n) is 5.73. The lowest BCUT2D eigenvalue weighted by atomic mass is 10.1. The van der Waals surface area contributed by atoms with Gasteiger partial charge in [0.15, 0.2) is 0 Å². The van der Waals surface area contributed by atoms with Gasteiger partial charge in [-0.3, -0.25) is 0 Å². The summed E-state index contributed by atoms with van der Waals surface area (Å²) in [7, 11) is -3.50. The van der Waals surface area contributed by atoms with Crippen molar-refractivity contribution in [3.63, 3.8) is 0 Å². The quantitative estimate of drug-likeness (QED) is 0.782. The Morgan fingerprint density at radius 1 is 1.10 bits per heavy atom. The fraction of sp³-hybridized carbons (Fsp3) is 0.524. The van der Waals surface area contributed by atoms with E-state index >= 15 is 0 Å². The molecule has 8 heteroatoms. The summed E-state index contributed by atoms with van der Waals surface area (Å²) in [5.41, 5.74) is 0.990. The summed E-state index contributed by atoms with van der Waals surface area (Å²) >= 11 is 0. The van der Waals surface area contributed by atoms with E-state index in [0.717, 1.165) is 56.8 Å². The number of hydrogen-bond donors (Lipinski definition) is 1.